The van der Waals surface area contributed by atoms with Gasteiger partial charge in [0.25, 0.3) is 0 Å². The third-order valence-corrected chi connectivity index (χ3v) is 5.72. The summed E-state index contributed by atoms with van der Waals surface area (Å²) in [7, 11) is -3.63. The molecule has 1 N–H and O–H groups in total. The van der Waals surface area contributed by atoms with Crippen LogP contribution in [0.3, 0.4) is 0 Å². The molecule has 3 aromatic rings. The smallest absolute Gasteiger partial charge is 0.338 e. The summed E-state index contributed by atoms with van der Waals surface area (Å²) in [4.78, 5) is 16.6. The maximum atomic E-state index is 12.3. The molecular formula is C20H18N2O5S. The van der Waals surface area contributed by atoms with Crippen LogP contribution < -0.4 is 4.72 Å². The van der Waals surface area contributed by atoms with E-state index in [9.17, 15) is 13.2 Å². The fourth-order valence-corrected chi connectivity index (χ4v) is 3.94. The van der Waals surface area contributed by atoms with Crippen LogP contribution in [0, 0.1) is 0 Å². The second-order valence-corrected chi connectivity index (χ2v) is 8.22. The van der Waals surface area contributed by atoms with Crippen LogP contribution in [-0.2, 0) is 21.4 Å². The molecule has 7 nitrogen and oxygen atoms in total. The molecule has 0 atom stereocenters. The highest BCUT2D eigenvalue weighted by Crippen LogP contribution is 2.23. The average molecular weight is 398 g/mol. The van der Waals surface area contributed by atoms with Crippen LogP contribution >= 0.6 is 0 Å². The Kier molecular flexibility index (Phi) is 4.97. The number of nitrogens with zero attached hydrogens (tertiary/aromatic N) is 1. The summed E-state index contributed by atoms with van der Waals surface area (Å²) in [6.45, 7) is -0.0769. The van der Waals surface area contributed by atoms with Crippen molar-refractivity contribution in [1.29, 1.82) is 0 Å². The summed E-state index contributed by atoms with van der Waals surface area (Å²) in [5.41, 5.74) is 1.44. The summed E-state index contributed by atoms with van der Waals surface area (Å²) in [5.74, 6) is -0.196. The van der Waals surface area contributed by atoms with E-state index < -0.39 is 16.0 Å². The van der Waals surface area contributed by atoms with Gasteiger partial charge in [0.1, 0.15) is 18.6 Å². The Labute approximate surface area is 162 Å². The van der Waals surface area contributed by atoms with Crippen LogP contribution in [0.5, 0.6) is 0 Å². The first kappa shape index (κ1) is 18.4. The molecule has 0 saturated heterocycles. The summed E-state index contributed by atoms with van der Waals surface area (Å²) >= 11 is 0. The maximum absolute atomic E-state index is 12.3. The zero-order valence-electron chi connectivity index (χ0n) is 14.9. The highest BCUT2D eigenvalue weighted by atomic mass is 32.2. The van der Waals surface area contributed by atoms with Crippen LogP contribution in [0.25, 0.3) is 11.5 Å². The molecule has 1 aromatic heterocycles. The topological polar surface area (TPSA) is 98.5 Å². The first-order chi connectivity index (χ1) is 13.5. The van der Waals surface area contributed by atoms with Crippen molar-refractivity contribution in [3.63, 3.8) is 0 Å². The van der Waals surface area contributed by atoms with Crippen molar-refractivity contribution in [2.24, 2.45) is 0 Å². The zero-order chi connectivity index (χ0) is 19.6. The van der Waals surface area contributed by atoms with Gasteiger partial charge >= 0.3 is 5.97 Å². The number of oxazole rings is 1. The average Bonchev–Trinajstić information content (AvgIpc) is 3.39. The van der Waals surface area contributed by atoms with Gasteiger partial charge < -0.3 is 9.15 Å². The third kappa shape index (κ3) is 4.29. The zero-order valence-corrected chi connectivity index (χ0v) is 15.7. The molecule has 1 fully saturated rings. The predicted molar refractivity (Wildman–Crippen MR) is 101 cm³/mol. The van der Waals surface area contributed by atoms with Crippen molar-refractivity contribution < 1.29 is 22.4 Å². The number of nitrogens with one attached hydrogen (secondary N) is 1. The van der Waals surface area contributed by atoms with Gasteiger partial charge in [-0.15, -0.1) is 0 Å². The van der Waals surface area contributed by atoms with Crippen LogP contribution in [-0.4, -0.2) is 25.4 Å². The van der Waals surface area contributed by atoms with Gasteiger partial charge in [0.05, 0.1) is 10.5 Å². The molecule has 144 valence electrons. The number of esters is 1. The molecule has 2 aromatic carbocycles. The van der Waals surface area contributed by atoms with E-state index in [0.717, 1.165) is 18.4 Å². The molecule has 28 heavy (non-hydrogen) atoms. The molecule has 0 radical (unpaired) electrons. The highest BCUT2D eigenvalue weighted by molar-refractivity contribution is 7.89. The Hall–Kier alpha value is -2.97. The summed E-state index contributed by atoms with van der Waals surface area (Å²) in [6.07, 6.45) is 3.10. The monoisotopic (exact) mass is 398 g/mol. The van der Waals surface area contributed by atoms with Crippen molar-refractivity contribution in [3.8, 4) is 11.5 Å². The lowest BCUT2D eigenvalue weighted by Gasteiger charge is -2.07. The molecule has 0 spiro atoms. The van der Waals surface area contributed by atoms with E-state index in [0.29, 0.717) is 11.6 Å². The highest BCUT2D eigenvalue weighted by Gasteiger charge is 2.28. The number of aromatic nitrogens is 1. The molecule has 1 aliphatic carbocycles. The number of ether oxygens (including phenoxy) is 1. The van der Waals surface area contributed by atoms with Gasteiger partial charge in [0.2, 0.25) is 15.9 Å². The third-order valence-electron chi connectivity index (χ3n) is 4.20. The SMILES string of the molecule is O=C(OCc1coc(-c2ccccc2)n1)c1cccc(S(=O)(=O)NC2CC2)c1. The molecule has 0 amide bonds. The molecule has 0 unspecified atom stereocenters. The van der Waals surface area contributed by atoms with Crippen molar-refractivity contribution in [1.82, 2.24) is 9.71 Å². The number of rotatable bonds is 7. The summed E-state index contributed by atoms with van der Waals surface area (Å²) in [6, 6.07) is 15.1. The number of hydrogen-bond donors (Lipinski definition) is 1. The molecule has 0 aliphatic heterocycles. The van der Waals surface area contributed by atoms with E-state index in [1.165, 1.54) is 30.5 Å². The fraction of sp³-hybridized carbons (Fsp3) is 0.200. The van der Waals surface area contributed by atoms with Crippen molar-refractivity contribution >= 4 is 16.0 Å². The van der Waals surface area contributed by atoms with Gasteiger partial charge in [-0.1, -0.05) is 24.3 Å². The molecule has 0 bridgehead atoms. The van der Waals surface area contributed by atoms with Crippen LogP contribution in [0.2, 0.25) is 0 Å². The Balaban J connectivity index is 1.42. The molecule has 8 heteroatoms. The first-order valence-corrected chi connectivity index (χ1v) is 10.3. The second-order valence-electron chi connectivity index (χ2n) is 6.51. The minimum atomic E-state index is -3.63. The number of benzene rings is 2. The standard InChI is InChI=1S/C20H18N2O5S/c23-20(15-7-4-8-18(11-15)28(24,25)22-16-9-10-16)27-13-17-12-26-19(21-17)14-5-2-1-3-6-14/h1-8,11-12,16,22H,9-10,13H2. The fourth-order valence-electron chi connectivity index (χ4n) is 2.59. The van der Waals surface area contributed by atoms with E-state index in [-0.39, 0.29) is 23.1 Å². The van der Waals surface area contributed by atoms with Crippen LogP contribution in [0.1, 0.15) is 28.9 Å². The molecule has 1 saturated carbocycles. The lowest BCUT2D eigenvalue weighted by Crippen LogP contribution is -2.25. The molecule has 1 aliphatic rings. The lowest BCUT2D eigenvalue weighted by atomic mass is 10.2. The van der Waals surface area contributed by atoms with E-state index in [1.54, 1.807) is 0 Å². The minimum Gasteiger partial charge on any atom is -0.455 e. The number of sulfonamides is 1. The normalized spacial score (nSPS) is 14.0. The number of carbonyl (C=O) groups excluding carboxylic acids is 1. The number of carbonyl (C=O) groups is 1. The summed E-state index contributed by atoms with van der Waals surface area (Å²) in [5, 5.41) is 0. The summed E-state index contributed by atoms with van der Waals surface area (Å²) < 4.78 is 37.8. The van der Waals surface area contributed by atoms with Gasteiger partial charge in [0.15, 0.2) is 0 Å². The van der Waals surface area contributed by atoms with Crippen LogP contribution in [0.4, 0.5) is 0 Å². The van der Waals surface area contributed by atoms with Crippen LogP contribution in [0.15, 0.2) is 70.2 Å². The van der Waals surface area contributed by atoms with Gasteiger partial charge in [-0.05, 0) is 43.2 Å². The maximum Gasteiger partial charge on any atom is 0.338 e. The van der Waals surface area contributed by atoms with Crippen molar-refractivity contribution in [2.45, 2.75) is 30.4 Å². The van der Waals surface area contributed by atoms with E-state index >= 15 is 0 Å². The Bertz CT molecular complexity index is 1090. The van der Waals surface area contributed by atoms with E-state index in [4.69, 9.17) is 9.15 Å². The van der Waals surface area contributed by atoms with E-state index in [1.807, 2.05) is 30.3 Å². The van der Waals surface area contributed by atoms with Gasteiger partial charge in [0, 0.05) is 11.6 Å². The van der Waals surface area contributed by atoms with Gasteiger partial charge in [-0.25, -0.2) is 22.9 Å². The Morgan fingerprint density at radius 3 is 2.68 bits per heavy atom. The second kappa shape index (κ2) is 7.57. The van der Waals surface area contributed by atoms with Gasteiger partial charge in [-0.2, -0.15) is 0 Å². The van der Waals surface area contributed by atoms with Crippen molar-refractivity contribution in [3.05, 3.63) is 72.1 Å². The predicted octanol–water partition coefficient (Wildman–Crippen LogP) is 3.14. The lowest BCUT2D eigenvalue weighted by molar-refractivity contribution is 0.0467. The Morgan fingerprint density at radius 2 is 1.93 bits per heavy atom. The molecular weight excluding hydrogens is 380 g/mol. The molecule has 4 rings (SSSR count). The van der Waals surface area contributed by atoms with E-state index in [2.05, 4.69) is 9.71 Å². The number of hydrogen-bond acceptors (Lipinski definition) is 6. The minimum absolute atomic E-state index is 0.00779. The Morgan fingerprint density at radius 1 is 1.14 bits per heavy atom. The molecule has 1 heterocycles. The quantitative estimate of drug-likeness (QED) is 0.614. The van der Waals surface area contributed by atoms with Crippen molar-refractivity contribution in [2.75, 3.05) is 0 Å². The largest absolute Gasteiger partial charge is 0.455 e. The first-order valence-electron chi connectivity index (χ1n) is 8.80. The van der Waals surface area contributed by atoms with Gasteiger partial charge in [-0.3, -0.25) is 0 Å².